The summed E-state index contributed by atoms with van der Waals surface area (Å²) in [5.74, 6) is 0.246. The maximum atomic E-state index is 10.2. The molecule has 0 radical (unpaired) electrons. The number of aromatic amines is 1. The second-order valence-corrected chi connectivity index (χ2v) is 7.67. The maximum Gasteiger partial charge on any atom is 0.238 e. The smallest absolute Gasteiger partial charge is 0.238 e. The van der Waals surface area contributed by atoms with Crippen LogP contribution in [0.4, 0.5) is 0 Å². The highest BCUT2D eigenvalue weighted by Crippen LogP contribution is 2.31. The van der Waals surface area contributed by atoms with Crippen molar-refractivity contribution in [2.75, 3.05) is 6.61 Å². The van der Waals surface area contributed by atoms with Gasteiger partial charge in [0.15, 0.2) is 0 Å². The lowest BCUT2D eigenvalue weighted by molar-refractivity contribution is -0.278. The van der Waals surface area contributed by atoms with Gasteiger partial charge in [-0.25, -0.2) is 0 Å². The minimum absolute atomic E-state index is 0.246. The zero-order valence-corrected chi connectivity index (χ0v) is 16.2. The molecule has 2 fully saturated rings. The Morgan fingerprint density at radius 1 is 1.14 bits per heavy atom. The van der Waals surface area contributed by atoms with Crippen molar-refractivity contribution in [1.82, 2.24) is 10.2 Å². The molecule has 8 nitrogen and oxygen atoms in total. The van der Waals surface area contributed by atoms with Gasteiger partial charge in [0.2, 0.25) is 12.2 Å². The van der Waals surface area contributed by atoms with Crippen LogP contribution in [0.1, 0.15) is 35.2 Å². The molecule has 2 aliphatic rings. The molecule has 156 valence electrons. The molecule has 0 bridgehead atoms. The number of aryl methyl sites for hydroxylation is 1. The fraction of sp³-hybridized carbons (Fsp3) is 0.476. The Kier molecular flexibility index (Phi) is 5.71. The molecule has 1 aromatic heterocycles. The maximum absolute atomic E-state index is 10.2. The SMILES string of the molecule is Cc1[nH]nc(O[C@@H]2O[C@H](CO)[C@@H](O)[C@H](O)[C@H]2O)c1Cc1ccc(C=C2CC2)cc1. The van der Waals surface area contributed by atoms with Gasteiger partial charge in [0.1, 0.15) is 24.4 Å². The Balaban J connectivity index is 1.49. The number of hydrogen-bond donors (Lipinski definition) is 5. The summed E-state index contributed by atoms with van der Waals surface area (Å²) in [6.07, 6.45) is -1.56. The second kappa shape index (κ2) is 8.25. The Morgan fingerprint density at radius 2 is 1.86 bits per heavy atom. The summed E-state index contributed by atoms with van der Waals surface area (Å²) >= 11 is 0. The van der Waals surface area contributed by atoms with Crippen LogP contribution in [0.15, 0.2) is 29.8 Å². The molecule has 0 amide bonds. The first-order valence-electron chi connectivity index (χ1n) is 9.75. The van der Waals surface area contributed by atoms with Gasteiger partial charge in [-0.05, 0) is 30.9 Å². The summed E-state index contributed by atoms with van der Waals surface area (Å²) in [5, 5.41) is 46.4. The lowest BCUT2D eigenvalue weighted by atomic mass is 9.99. The quantitative estimate of drug-likeness (QED) is 0.480. The highest BCUT2D eigenvalue weighted by Gasteiger charge is 2.45. The number of rotatable bonds is 6. The molecule has 4 rings (SSSR count). The molecule has 2 heterocycles. The van der Waals surface area contributed by atoms with E-state index < -0.39 is 37.3 Å². The average molecular weight is 402 g/mol. The van der Waals surface area contributed by atoms with E-state index in [1.54, 1.807) is 0 Å². The Bertz CT molecular complexity index is 870. The zero-order chi connectivity index (χ0) is 20.5. The second-order valence-electron chi connectivity index (χ2n) is 7.67. The van der Waals surface area contributed by atoms with Gasteiger partial charge in [0, 0.05) is 17.7 Å². The molecule has 29 heavy (non-hydrogen) atoms. The third-order valence-electron chi connectivity index (χ3n) is 5.38. The topological polar surface area (TPSA) is 128 Å². The van der Waals surface area contributed by atoms with Crippen molar-refractivity contribution in [3.8, 4) is 5.88 Å². The van der Waals surface area contributed by atoms with Crippen LogP contribution in [0.2, 0.25) is 0 Å². The van der Waals surface area contributed by atoms with E-state index in [0.717, 1.165) is 16.8 Å². The normalized spacial score (nSPS) is 29.0. The van der Waals surface area contributed by atoms with Crippen LogP contribution < -0.4 is 4.74 Å². The summed E-state index contributed by atoms with van der Waals surface area (Å²) in [6, 6.07) is 8.26. The first kappa shape index (κ1) is 20.1. The molecule has 0 spiro atoms. The number of aromatic nitrogens is 2. The van der Waals surface area contributed by atoms with Crippen molar-refractivity contribution >= 4 is 6.08 Å². The van der Waals surface area contributed by atoms with E-state index in [1.165, 1.54) is 24.0 Å². The number of aliphatic hydroxyl groups excluding tert-OH is 4. The van der Waals surface area contributed by atoms with E-state index >= 15 is 0 Å². The van der Waals surface area contributed by atoms with E-state index in [0.29, 0.717) is 6.42 Å². The predicted octanol–water partition coefficient (Wildman–Crippen LogP) is 0.665. The number of ether oxygens (including phenoxy) is 2. The van der Waals surface area contributed by atoms with Gasteiger partial charge in [-0.3, -0.25) is 5.10 Å². The number of benzene rings is 1. The fourth-order valence-corrected chi connectivity index (χ4v) is 3.40. The van der Waals surface area contributed by atoms with Gasteiger partial charge in [0.05, 0.1) is 6.61 Å². The highest BCUT2D eigenvalue weighted by molar-refractivity contribution is 5.56. The molecule has 1 saturated heterocycles. The zero-order valence-electron chi connectivity index (χ0n) is 16.2. The first-order valence-corrected chi connectivity index (χ1v) is 9.75. The van der Waals surface area contributed by atoms with Crippen LogP contribution in [0.25, 0.3) is 6.08 Å². The van der Waals surface area contributed by atoms with Crippen LogP contribution in [0.5, 0.6) is 5.88 Å². The van der Waals surface area contributed by atoms with Crippen molar-refractivity contribution in [2.24, 2.45) is 0 Å². The van der Waals surface area contributed by atoms with E-state index in [-0.39, 0.29) is 5.88 Å². The Hall–Kier alpha value is -2.23. The summed E-state index contributed by atoms with van der Waals surface area (Å²) < 4.78 is 11.1. The molecule has 5 N–H and O–H groups in total. The largest absolute Gasteiger partial charge is 0.443 e. The fourth-order valence-electron chi connectivity index (χ4n) is 3.40. The summed E-state index contributed by atoms with van der Waals surface area (Å²) in [7, 11) is 0. The number of nitrogens with zero attached hydrogens (tertiary/aromatic N) is 1. The molecular formula is C21H26N2O6. The van der Waals surface area contributed by atoms with Crippen molar-refractivity contribution in [1.29, 1.82) is 0 Å². The van der Waals surface area contributed by atoms with Gasteiger partial charge in [-0.15, -0.1) is 5.10 Å². The number of H-pyrrole nitrogens is 1. The van der Waals surface area contributed by atoms with Crippen LogP contribution in [-0.2, 0) is 11.2 Å². The van der Waals surface area contributed by atoms with Crippen molar-refractivity contribution in [2.45, 2.75) is 56.9 Å². The Labute approximate surface area is 168 Å². The predicted molar refractivity (Wildman–Crippen MR) is 104 cm³/mol. The lowest BCUT2D eigenvalue weighted by Gasteiger charge is -2.39. The highest BCUT2D eigenvalue weighted by atomic mass is 16.7. The standard InChI is InChI=1S/C21H26N2O6/c1-11-15(9-14-6-4-13(5-7-14)8-12-2-3-12)20(23-22-11)29-21-19(27)18(26)17(25)16(10-24)28-21/h4-8,16-19,21,24-27H,2-3,9-10H2,1H3,(H,22,23)/t16-,17-,18+,19-,21+/m1/s1. The van der Waals surface area contributed by atoms with E-state index in [2.05, 4.69) is 40.5 Å². The summed E-state index contributed by atoms with van der Waals surface area (Å²) in [6.45, 7) is 1.36. The number of aliphatic hydroxyl groups is 4. The van der Waals surface area contributed by atoms with Gasteiger partial charge in [-0.1, -0.05) is 35.9 Å². The number of nitrogens with one attached hydrogen (secondary N) is 1. The molecule has 1 aromatic carbocycles. The van der Waals surface area contributed by atoms with Crippen molar-refractivity contribution in [3.05, 3.63) is 52.2 Å². The molecule has 1 aliphatic heterocycles. The molecule has 8 heteroatoms. The average Bonchev–Trinajstić information content (AvgIpc) is 3.48. The van der Waals surface area contributed by atoms with Gasteiger partial charge in [-0.2, -0.15) is 0 Å². The lowest BCUT2D eigenvalue weighted by Crippen LogP contribution is -2.60. The number of allylic oxidation sites excluding steroid dienone is 1. The minimum atomic E-state index is -1.50. The van der Waals surface area contributed by atoms with Crippen LogP contribution in [0, 0.1) is 6.92 Å². The Morgan fingerprint density at radius 3 is 2.52 bits per heavy atom. The first-order chi connectivity index (χ1) is 14.0. The van der Waals surface area contributed by atoms with E-state index in [1.807, 2.05) is 6.92 Å². The van der Waals surface area contributed by atoms with Crippen molar-refractivity contribution in [3.63, 3.8) is 0 Å². The van der Waals surface area contributed by atoms with Crippen LogP contribution in [-0.4, -0.2) is 67.9 Å². The van der Waals surface area contributed by atoms with Gasteiger partial charge in [0.25, 0.3) is 0 Å². The molecular weight excluding hydrogens is 376 g/mol. The summed E-state index contributed by atoms with van der Waals surface area (Å²) in [5.41, 5.74) is 5.34. The minimum Gasteiger partial charge on any atom is -0.443 e. The van der Waals surface area contributed by atoms with Crippen LogP contribution >= 0.6 is 0 Å². The molecule has 2 aromatic rings. The molecule has 5 atom stereocenters. The van der Waals surface area contributed by atoms with E-state index in [9.17, 15) is 20.4 Å². The van der Waals surface area contributed by atoms with Crippen molar-refractivity contribution < 1.29 is 29.9 Å². The monoisotopic (exact) mass is 402 g/mol. The van der Waals surface area contributed by atoms with Crippen LogP contribution in [0.3, 0.4) is 0 Å². The molecule has 1 saturated carbocycles. The van der Waals surface area contributed by atoms with Gasteiger partial charge >= 0.3 is 0 Å². The van der Waals surface area contributed by atoms with E-state index in [4.69, 9.17) is 9.47 Å². The molecule has 0 unspecified atom stereocenters. The third kappa shape index (κ3) is 4.36. The third-order valence-corrected chi connectivity index (χ3v) is 5.38. The summed E-state index contributed by atoms with van der Waals surface area (Å²) in [4.78, 5) is 0. The number of hydrogen-bond acceptors (Lipinski definition) is 7. The van der Waals surface area contributed by atoms with Gasteiger partial charge < -0.3 is 29.9 Å². The molecule has 1 aliphatic carbocycles.